The van der Waals surface area contributed by atoms with Crippen LogP contribution < -0.4 is 0 Å². The van der Waals surface area contributed by atoms with Crippen LogP contribution in [0.1, 0.15) is 10.4 Å². The number of rotatable bonds is 1. The molecule has 0 radical (unpaired) electrons. The summed E-state index contributed by atoms with van der Waals surface area (Å²) < 4.78 is 0. The number of β-amino-alcohol motifs (C(OH)–C–C–N with tert-alkyl or cyclic N) is 2. The molecule has 0 aliphatic carbocycles. The Morgan fingerprint density at radius 1 is 1.18 bits per heavy atom. The van der Waals surface area contributed by atoms with Gasteiger partial charge in [-0.25, -0.2) is 0 Å². The maximum atomic E-state index is 12.0. The Bertz CT molecular complexity index is 442. The molecular formula is C11H11Cl2NO3. The van der Waals surface area contributed by atoms with Crippen molar-refractivity contribution in [3.8, 4) is 0 Å². The Morgan fingerprint density at radius 2 is 1.76 bits per heavy atom. The molecule has 0 spiro atoms. The van der Waals surface area contributed by atoms with Gasteiger partial charge in [0.2, 0.25) is 0 Å². The number of hydrogen-bond donors (Lipinski definition) is 2. The lowest BCUT2D eigenvalue weighted by atomic mass is 10.2. The fraction of sp³-hybridized carbons (Fsp3) is 0.364. The predicted octanol–water partition coefficient (Wildman–Crippen LogP) is 1.17. The molecule has 2 rings (SSSR count). The zero-order chi connectivity index (χ0) is 12.6. The summed E-state index contributed by atoms with van der Waals surface area (Å²) in [7, 11) is 0. The molecule has 1 aliphatic heterocycles. The first-order valence-corrected chi connectivity index (χ1v) is 5.85. The van der Waals surface area contributed by atoms with Crippen LogP contribution in [0.3, 0.4) is 0 Å². The van der Waals surface area contributed by atoms with E-state index in [1.165, 1.54) is 11.0 Å². The summed E-state index contributed by atoms with van der Waals surface area (Å²) >= 11 is 11.6. The first-order chi connectivity index (χ1) is 7.99. The van der Waals surface area contributed by atoms with Gasteiger partial charge < -0.3 is 15.1 Å². The number of aliphatic hydroxyl groups excluding tert-OH is 2. The van der Waals surface area contributed by atoms with Gasteiger partial charge in [-0.1, -0.05) is 23.2 Å². The van der Waals surface area contributed by atoms with Crippen LogP contribution in [0.2, 0.25) is 10.0 Å². The van der Waals surface area contributed by atoms with Crippen LogP contribution in [-0.2, 0) is 0 Å². The zero-order valence-corrected chi connectivity index (χ0v) is 10.3. The van der Waals surface area contributed by atoms with Crippen LogP contribution in [0, 0.1) is 0 Å². The van der Waals surface area contributed by atoms with Crippen LogP contribution in [-0.4, -0.2) is 46.3 Å². The first-order valence-electron chi connectivity index (χ1n) is 5.09. The van der Waals surface area contributed by atoms with Gasteiger partial charge in [0.05, 0.1) is 22.3 Å². The number of hydrogen-bond acceptors (Lipinski definition) is 3. The third-order valence-corrected chi connectivity index (χ3v) is 3.45. The number of aliphatic hydroxyl groups is 2. The molecule has 0 saturated carbocycles. The monoisotopic (exact) mass is 275 g/mol. The molecule has 1 aromatic rings. The number of benzene rings is 1. The van der Waals surface area contributed by atoms with Gasteiger partial charge >= 0.3 is 0 Å². The van der Waals surface area contributed by atoms with Crippen LogP contribution in [0.25, 0.3) is 0 Å². The molecule has 1 aromatic carbocycles. The highest BCUT2D eigenvalue weighted by Crippen LogP contribution is 2.24. The Kier molecular flexibility index (Phi) is 3.58. The lowest BCUT2D eigenvalue weighted by molar-refractivity contribution is 0.0572. The smallest absolute Gasteiger partial charge is 0.254 e. The van der Waals surface area contributed by atoms with Crippen molar-refractivity contribution in [1.82, 2.24) is 4.90 Å². The molecule has 1 aliphatic rings. The number of halogens is 2. The molecule has 0 bridgehead atoms. The van der Waals surface area contributed by atoms with Crippen LogP contribution in [0.15, 0.2) is 18.2 Å². The molecule has 1 heterocycles. The summed E-state index contributed by atoms with van der Waals surface area (Å²) in [6.07, 6.45) is -1.77. The third-order valence-electron chi connectivity index (χ3n) is 2.71. The molecule has 2 unspecified atom stereocenters. The Labute approximate surface area is 108 Å². The van der Waals surface area contributed by atoms with E-state index in [4.69, 9.17) is 23.2 Å². The highest BCUT2D eigenvalue weighted by molar-refractivity contribution is 6.42. The van der Waals surface area contributed by atoms with E-state index in [0.29, 0.717) is 15.6 Å². The van der Waals surface area contributed by atoms with E-state index in [0.717, 1.165) is 0 Å². The fourth-order valence-corrected chi connectivity index (χ4v) is 2.05. The van der Waals surface area contributed by atoms with Gasteiger partial charge in [0.25, 0.3) is 5.91 Å². The molecule has 6 heteroatoms. The summed E-state index contributed by atoms with van der Waals surface area (Å²) in [5.74, 6) is -0.279. The SMILES string of the molecule is O=C(c1ccc(Cl)c(Cl)c1)N1CC(O)C(O)C1. The van der Waals surface area contributed by atoms with Gasteiger partial charge in [0, 0.05) is 18.7 Å². The number of likely N-dealkylation sites (tertiary alicyclic amines) is 1. The first kappa shape index (κ1) is 12.6. The van der Waals surface area contributed by atoms with Gasteiger partial charge in [-0.2, -0.15) is 0 Å². The summed E-state index contributed by atoms with van der Waals surface area (Å²) in [6.45, 7) is 0.250. The van der Waals surface area contributed by atoms with E-state index in [2.05, 4.69) is 0 Å². The van der Waals surface area contributed by atoms with Crippen molar-refractivity contribution < 1.29 is 15.0 Å². The molecule has 2 N–H and O–H groups in total. The van der Waals surface area contributed by atoms with Crippen molar-refractivity contribution >= 4 is 29.1 Å². The van der Waals surface area contributed by atoms with E-state index in [-0.39, 0.29) is 19.0 Å². The maximum absolute atomic E-state index is 12.0. The third kappa shape index (κ3) is 2.55. The van der Waals surface area contributed by atoms with E-state index in [9.17, 15) is 15.0 Å². The van der Waals surface area contributed by atoms with Gasteiger partial charge in [-0.15, -0.1) is 0 Å². The number of carbonyl (C=O) groups excluding carboxylic acids is 1. The van der Waals surface area contributed by atoms with Crippen molar-refractivity contribution in [3.63, 3.8) is 0 Å². The zero-order valence-electron chi connectivity index (χ0n) is 8.81. The van der Waals surface area contributed by atoms with Gasteiger partial charge in [-0.3, -0.25) is 4.79 Å². The molecule has 0 aromatic heterocycles. The van der Waals surface area contributed by atoms with Crippen LogP contribution in [0.5, 0.6) is 0 Å². The van der Waals surface area contributed by atoms with Crippen molar-refractivity contribution in [2.75, 3.05) is 13.1 Å². The molecule has 92 valence electrons. The minimum atomic E-state index is -0.887. The van der Waals surface area contributed by atoms with Gasteiger partial charge in [0.1, 0.15) is 0 Å². The number of nitrogens with zero attached hydrogens (tertiary/aromatic N) is 1. The lowest BCUT2D eigenvalue weighted by Gasteiger charge is -2.15. The molecule has 17 heavy (non-hydrogen) atoms. The lowest BCUT2D eigenvalue weighted by Crippen LogP contribution is -2.29. The molecule has 1 fully saturated rings. The van der Waals surface area contributed by atoms with Gasteiger partial charge in [0.15, 0.2) is 0 Å². The molecule has 4 nitrogen and oxygen atoms in total. The minimum absolute atomic E-state index is 0.125. The van der Waals surface area contributed by atoms with Crippen molar-refractivity contribution in [2.24, 2.45) is 0 Å². The largest absolute Gasteiger partial charge is 0.388 e. The van der Waals surface area contributed by atoms with Crippen molar-refractivity contribution in [1.29, 1.82) is 0 Å². The second-order valence-corrected chi connectivity index (χ2v) is 4.79. The average molecular weight is 276 g/mol. The summed E-state index contributed by atoms with van der Waals surface area (Å²) in [5.41, 5.74) is 0.390. The van der Waals surface area contributed by atoms with E-state index in [1.54, 1.807) is 12.1 Å². The molecule has 1 amide bonds. The molecule has 1 saturated heterocycles. The Balaban J connectivity index is 2.17. The summed E-state index contributed by atoms with van der Waals surface area (Å²) in [6, 6.07) is 4.58. The quantitative estimate of drug-likeness (QED) is 0.809. The molecule has 2 atom stereocenters. The second-order valence-electron chi connectivity index (χ2n) is 3.97. The summed E-state index contributed by atoms with van der Waals surface area (Å²) in [4.78, 5) is 13.4. The van der Waals surface area contributed by atoms with Crippen LogP contribution in [0.4, 0.5) is 0 Å². The second kappa shape index (κ2) is 4.82. The standard InChI is InChI=1S/C11H11Cl2NO3/c12-7-2-1-6(3-8(7)13)11(17)14-4-9(15)10(16)5-14/h1-3,9-10,15-16H,4-5H2. The Morgan fingerprint density at radius 3 is 2.29 bits per heavy atom. The normalized spacial score (nSPS) is 24.1. The van der Waals surface area contributed by atoms with E-state index < -0.39 is 12.2 Å². The fourth-order valence-electron chi connectivity index (χ4n) is 1.75. The molecular weight excluding hydrogens is 265 g/mol. The van der Waals surface area contributed by atoms with E-state index >= 15 is 0 Å². The van der Waals surface area contributed by atoms with E-state index in [1.807, 2.05) is 0 Å². The predicted molar refractivity (Wildman–Crippen MR) is 64.4 cm³/mol. The Hall–Kier alpha value is -0.810. The van der Waals surface area contributed by atoms with Crippen molar-refractivity contribution in [2.45, 2.75) is 12.2 Å². The summed E-state index contributed by atoms with van der Waals surface area (Å²) in [5, 5.41) is 19.4. The maximum Gasteiger partial charge on any atom is 0.254 e. The van der Waals surface area contributed by atoms with Gasteiger partial charge in [-0.05, 0) is 18.2 Å². The highest BCUT2D eigenvalue weighted by atomic mass is 35.5. The number of amides is 1. The minimum Gasteiger partial charge on any atom is -0.388 e. The topological polar surface area (TPSA) is 60.8 Å². The van der Waals surface area contributed by atoms with Crippen molar-refractivity contribution in [3.05, 3.63) is 33.8 Å². The highest BCUT2D eigenvalue weighted by Gasteiger charge is 2.32. The van der Waals surface area contributed by atoms with Crippen LogP contribution >= 0.6 is 23.2 Å². The average Bonchev–Trinajstić information content (AvgIpc) is 2.62. The number of carbonyl (C=O) groups is 1.